The van der Waals surface area contributed by atoms with E-state index in [-0.39, 0.29) is 11.9 Å². The Labute approximate surface area is 163 Å². The molecule has 28 heavy (non-hydrogen) atoms. The topological polar surface area (TPSA) is 78.8 Å². The summed E-state index contributed by atoms with van der Waals surface area (Å²) in [4.78, 5) is 24.5. The maximum Gasteiger partial charge on any atom is 0.410 e. The fourth-order valence-electron chi connectivity index (χ4n) is 2.89. The summed E-state index contributed by atoms with van der Waals surface area (Å²) < 4.78 is 18.4. The van der Waals surface area contributed by atoms with Crippen LogP contribution in [0.15, 0.2) is 36.7 Å². The number of nitrogens with zero attached hydrogens (tertiary/aromatic N) is 4. The number of aromatic nitrogens is 2. The van der Waals surface area contributed by atoms with E-state index in [1.54, 1.807) is 17.3 Å². The molecule has 0 bridgehead atoms. The van der Waals surface area contributed by atoms with Crippen LogP contribution in [-0.2, 0) is 4.74 Å². The highest BCUT2D eigenvalue weighted by Gasteiger charge is 2.26. The molecule has 1 aliphatic heterocycles. The van der Waals surface area contributed by atoms with Crippen molar-refractivity contribution in [2.75, 3.05) is 31.1 Å². The zero-order valence-electron chi connectivity index (χ0n) is 16.3. The van der Waals surface area contributed by atoms with Crippen molar-refractivity contribution in [3.63, 3.8) is 0 Å². The lowest BCUT2D eigenvalue weighted by atomic mass is 10.0. The van der Waals surface area contributed by atoms with Crippen LogP contribution >= 0.6 is 0 Å². The number of benzene rings is 1. The highest BCUT2D eigenvalue weighted by Crippen LogP contribution is 2.22. The van der Waals surface area contributed by atoms with Crippen LogP contribution in [0, 0.1) is 5.82 Å². The molecule has 2 aromatic rings. The Bertz CT molecular complexity index is 798. The van der Waals surface area contributed by atoms with Gasteiger partial charge in [-0.2, -0.15) is 0 Å². The van der Waals surface area contributed by atoms with Gasteiger partial charge in [0.05, 0.1) is 0 Å². The highest BCUT2D eigenvalue weighted by atomic mass is 19.1. The molecule has 0 radical (unpaired) electrons. The maximum absolute atomic E-state index is 13.0. The first-order valence-corrected chi connectivity index (χ1v) is 9.21. The van der Waals surface area contributed by atoms with Crippen molar-refractivity contribution in [1.29, 1.82) is 0 Å². The Balaban J connectivity index is 1.59. The summed E-state index contributed by atoms with van der Waals surface area (Å²) in [5.74, 6) is 0.187. The van der Waals surface area contributed by atoms with Crippen LogP contribution in [0.25, 0.3) is 0 Å². The Kier molecular flexibility index (Phi) is 5.79. The third-order valence-electron chi connectivity index (χ3n) is 4.37. The van der Waals surface area contributed by atoms with E-state index in [2.05, 4.69) is 9.97 Å². The number of hydrogen-bond donors (Lipinski definition) is 1. The minimum Gasteiger partial charge on any atom is -0.444 e. The summed E-state index contributed by atoms with van der Waals surface area (Å²) >= 11 is 0. The molecular weight excluding hydrogens is 363 g/mol. The van der Waals surface area contributed by atoms with E-state index in [0.29, 0.717) is 43.3 Å². The molecule has 1 amide bonds. The number of amides is 1. The number of ether oxygens (including phenoxy) is 1. The molecule has 150 valence electrons. The van der Waals surface area contributed by atoms with Gasteiger partial charge in [0.1, 0.15) is 17.5 Å². The van der Waals surface area contributed by atoms with E-state index in [4.69, 9.17) is 4.74 Å². The third kappa shape index (κ3) is 4.95. The SMILES string of the molecule is CC(C)(C)OC(=O)N1CCN(c2ncc(C(O)c3ccc(F)cc3)cn2)CC1. The van der Waals surface area contributed by atoms with Gasteiger partial charge in [0.15, 0.2) is 0 Å². The number of halogens is 1. The van der Waals surface area contributed by atoms with Gasteiger partial charge in [0.25, 0.3) is 0 Å². The lowest BCUT2D eigenvalue weighted by molar-refractivity contribution is 0.0240. The summed E-state index contributed by atoms with van der Waals surface area (Å²) in [5, 5.41) is 10.4. The zero-order valence-corrected chi connectivity index (χ0v) is 16.3. The van der Waals surface area contributed by atoms with Crippen LogP contribution in [0.3, 0.4) is 0 Å². The summed E-state index contributed by atoms with van der Waals surface area (Å²) in [6.07, 6.45) is 1.90. The van der Waals surface area contributed by atoms with Crippen molar-refractivity contribution < 1.29 is 19.0 Å². The van der Waals surface area contributed by atoms with E-state index >= 15 is 0 Å². The second-order valence-electron chi connectivity index (χ2n) is 7.72. The lowest BCUT2D eigenvalue weighted by Crippen LogP contribution is -2.50. The van der Waals surface area contributed by atoms with E-state index in [9.17, 15) is 14.3 Å². The third-order valence-corrected chi connectivity index (χ3v) is 4.37. The van der Waals surface area contributed by atoms with Gasteiger partial charge in [-0.3, -0.25) is 0 Å². The van der Waals surface area contributed by atoms with Gasteiger partial charge in [-0.15, -0.1) is 0 Å². The highest BCUT2D eigenvalue weighted by molar-refractivity contribution is 5.68. The molecule has 1 aliphatic rings. The van der Waals surface area contributed by atoms with Crippen molar-refractivity contribution >= 4 is 12.0 Å². The Morgan fingerprint density at radius 3 is 2.18 bits per heavy atom. The van der Waals surface area contributed by atoms with Gasteiger partial charge in [-0.25, -0.2) is 19.2 Å². The first-order chi connectivity index (χ1) is 13.2. The standard InChI is InChI=1S/C20H25FN4O3/c1-20(2,3)28-19(27)25-10-8-24(9-11-25)18-22-12-15(13-23-18)17(26)14-4-6-16(21)7-5-14/h4-7,12-13,17,26H,8-11H2,1-3H3. The number of anilines is 1. The summed E-state index contributed by atoms with van der Waals surface area (Å²) in [6.45, 7) is 7.78. The van der Waals surface area contributed by atoms with Crippen LogP contribution in [0.4, 0.5) is 15.1 Å². The van der Waals surface area contributed by atoms with Crippen molar-refractivity contribution in [2.45, 2.75) is 32.5 Å². The molecule has 7 nitrogen and oxygen atoms in total. The van der Waals surface area contributed by atoms with Crippen LogP contribution in [0.5, 0.6) is 0 Å². The van der Waals surface area contributed by atoms with Gasteiger partial charge in [0.2, 0.25) is 5.95 Å². The first-order valence-electron chi connectivity index (χ1n) is 9.21. The van der Waals surface area contributed by atoms with Crippen LogP contribution in [0.1, 0.15) is 38.0 Å². The Morgan fingerprint density at radius 2 is 1.64 bits per heavy atom. The molecule has 0 aliphatic carbocycles. The van der Waals surface area contributed by atoms with Gasteiger partial charge in [-0.1, -0.05) is 12.1 Å². The maximum atomic E-state index is 13.0. The van der Waals surface area contributed by atoms with Crippen LogP contribution in [0.2, 0.25) is 0 Å². The molecule has 1 saturated heterocycles. The van der Waals surface area contributed by atoms with Crippen LogP contribution in [-0.4, -0.2) is 57.8 Å². The number of piperazine rings is 1. The Hall–Kier alpha value is -2.74. The number of hydrogen-bond acceptors (Lipinski definition) is 6. The average Bonchev–Trinajstić information content (AvgIpc) is 2.67. The summed E-state index contributed by atoms with van der Waals surface area (Å²) in [6, 6.07) is 5.67. The predicted molar refractivity (Wildman–Crippen MR) is 103 cm³/mol. The van der Waals surface area contributed by atoms with Gasteiger partial charge in [-0.05, 0) is 38.5 Å². The molecule has 1 atom stereocenters. The number of aliphatic hydroxyl groups excluding tert-OH is 1. The van der Waals surface area contributed by atoms with Crippen molar-refractivity contribution in [1.82, 2.24) is 14.9 Å². The summed E-state index contributed by atoms with van der Waals surface area (Å²) in [7, 11) is 0. The van der Waals surface area contributed by atoms with Crippen molar-refractivity contribution in [2.24, 2.45) is 0 Å². The Morgan fingerprint density at radius 1 is 1.07 bits per heavy atom. The van der Waals surface area contributed by atoms with E-state index in [1.807, 2.05) is 25.7 Å². The van der Waals surface area contributed by atoms with E-state index in [0.717, 1.165) is 0 Å². The number of aliphatic hydroxyl groups is 1. The second kappa shape index (κ2) is 8.10. The average molecular weight is 388 g/mol. The molecule has 1 aromatic carbocycles. The molecule has 3 rings (SSSR count). The predicted octanol–water partition coefficient (Wildman–Crippen LogP) is 2.75. The first kappa shape index (κ1) is 20.0. The number of rotatable bonds is 3. The quantitative estimate of drug-likeness (QED) is 0.871. The number of carbonyl (C=O) groups excluding carboxylic acids is 1. The molecule has 8 heteroatoms. The smallest absolute Gasteiger partial charge is 0.410 e. The van der Waals surface area contributed by atoms with Gasteiger partial charge >= 0.3 is 6.09 Å². The molecule has 1 aromatic heterocycles. The summed E-state index contributed by atoms with van der Waals surface area (Å²) in [5.41, 5.74) is 0.588. The zero-order chi connectivity index (χ0) is 20.3. The molecular formula is C20H25FN4O3. The molecule has 0 saturated carbocycles. The second-order valence-corrected chi connectivity index (χ2v) is 7.72. The van der Waals surface area contributed by atoms with Crippen molar-refractivity contribution in [3.05, 3.63) is 53.6 Å². The molecule has 1 N–H and O–H groups in total. The van der Waals surface area contributed by atoms with Gasteiger partial charge in [0, 0.05) is 44.1 Å². The van der Waals surface area contributed by atoms with Crippen LogP contribution < -0.4 is 4.90 Å². The molecule has 1 fully saturated rings. The fourth-order valence-corrected chi connectivity index (χ4v) is 2.89. The van der Waals surface area contributed by atoms with E-state index < -0.39 is 11.7 Å². The minimum atomic E-state index is -0.918. The fraction of sp³-hybridized carbons (Fsp3) is 0.450. The largest absolute Gasteiger partial charge is 0.444 e. The molecule has 0 spiro atoms. The van der Waals surface area contributed by atoms with E-state index in [1.165, 1.54) is 24.3 Å². The number of carbonyl (C=O) groups is 1. The molecule has 1 unspecified atom stereocenters. The minimum absolute atomic E-state index is 0.314. The molecule has 2 heterocycles. The lowest BCUT2D eigenvalue weighted by Gasteiger charge is -2.35. The van der Waals surface area contributed by atoms with Gasteiger partial charge < -0.3 is 19.6 Å². The van der Waals surface area contributed by atoms with Crippen molar-refractivity contribution in [3.8, 4) is 0 Å². The monoisotopic (exact) mass is 388 g/mol. The normalized spacial score (nSPS) is 16.0.